The molecule has 5 amide bonds. The normalized spacial score (nSPS) is 20.7. The first-order chi connectivity index (χ1) is 32.0. The van der Waals surface area contributed by atoms with Crippen LogP contribution in [0.3, 0.4) is 0 Å². The monoisotopic (exact) mass is 895 g/mol. The Balaban J connectivity index is 0.664. The van der Waals surface area contributed by atoms with Crippen LogP contribution in [0.4, 0.5) is 27.4 Å². The summed E-state index contributed by atoms with van der Waals surface area (Å²) in [6.45, 7) is 8.45. The van der Waals surface area contributed by atoms with E-state index in [1.807, 2.05) is 31.2 Å². The van der Waals surface area contributed by atoms with E-state index in [4.69, 9.17) is 9.84 Å². The number of pyridine rings is 2. The van der Waals surface area contributed by atoms with Crippen molar-refractivity contribution in [3.8, 4) is 17.0 Å². The van der Waals surface area contributed by atoms with Gasteiger partial charge in [0.2, 0.25) is 23.6 Å². The number of nitrogens with zero attached hydrogens (tertiary/aromatic N) is 8. The van der Waals surface area contributed by atoms with E-state index in [0.717, 1.165) is 91.3 Å². The quantitative estimate of drug-likeness (QED) is 0.183. The van der Waals surface area contributed by atoms with Gasteiger partial charge in [0.25, 0.3) is 11.8 Å². The summed E-state index contributed by atoms with van der Waals surface area (Å²) >= 11 is 0. The minimum absolute atomic E-state index is 0.0719. The van der Waals surface area contributed by atoms with Crippen LogP contribution in [0.5, 0.6) is 5.88 Å². The number of rotatable bonds is 8. The van der Waals surface area contributed by atoms with Gasteiger partial charge >= 0.3 is 0 Å². The number of ether oxygens (including phenoxy) is 1. The van der Waals surface area contributed by atoms with Crippen LogP contribution < -0.4 is 25.6 Å². The average Bonchev–Trinajstić information content (AvgIpc) is 3.75. The summed E-state index contributed by atoms with van der Waals surface area (Å²) in [5.41, 5.74) is 5.24. The molecule has 0 spiro atoms. The maximum atomic E-state index is 15.5. The summed E-state index contributed by atoms with van der Waals surface area (Å²) in [7, 11) is 0. The number of carbonyl (C=O) groups is 5. The number of amides is 5. The zero-order valence-electron chi connectivity index (χ0n) is 36.6. The molecule has 2 aromatic carbocycles. The topological polar surface area (TPSA) is 187 Å². The van der Waals surface area contributed by atoms with Crippen LogP contribution in [0.15, 0.2) is 54.9 Å². The molecule has 0 bridgehead atoms. The number of imide groups is 2. The van der Waals surface area contributed by atoms with Crippen molar-refractivity contribution in [1.82, 2.24) is 39.8 Å². The molecule has 9 heterocycles. The van der Waals surface area contributed by atoms with Gasteiger partial charge in [-0.1, -0.05) is 0 Å². The number of nitrogens with one attached hydrogen (secondary N) is 3. The summed E-state index contributed by atoms with van der Waals surface area (Å²) in [6.07, 6.45) is 8.04. The van der Waals surface area contributed by atoms with Gasteiger partial charge in [-0.05, 0) is 92.3 Å². The molecule has 340 valence electrons. The van der Waals surface area contributed by atoms with E-state index >= 15 is 4.39 Å². The molecule has 1 unspecified atom stereocenters. The fourth-order valence-electron chi connectivity index (χ4n) is 10.7. The molecule has 0 aliphatic carbocycles. The van der Waals surface area contributed by atoms with Gasteiger partial charge in [-0.2, -0.15) is 5.10 Å². The molecule has 0 saturated carbocycles. The molecule has 5 aromatic rings. The van der Waals surface area contributed by atoms with Crippen molar-refractivity contribution in [1.29, 1.82) is 0 Å². The molecule has 66 heavy (non-hydrogen) atoms. The third-order valence-electron chi connectivity index (χ3n) is 14.3. The molecule has 17 nitrogen and oxygen atoms in total. The lowest BCUT2D eigenvalue weighted by molar-refractivity contribution is -0.136. The number of halogens is 1. The third kappa shape index (κ3) is 7.65. The van der Waals surface area contributed by atoms with Crippen LogP contribution in [0.1, 0.15) is 70.5 Å². The first kappa shape index (κ1) is 41.7. The molecule has 3 N–H and O–H groups in total. The lowest BCUT2D eigenvalue weighted by Crippen LogP contribution is -2.54. The molecule has 1 atom stereocenters. The van der Waals surface area contributed by atoms with Crippen LogP contribution in [0, 0.1) is 18.7 Å². The van der Waals surface area contributed by atoms with E-state index in [-0.39, 0.29) is 42.7 Å². The van der Waals surface area contributed by atoms with Crippen molar-refractivity contribution in [3.63, 3.8) is 0 Å². The number of aromatic nitrogens is 4. The van der Waals surface area contributed by atoms with E-state index in [1.165, 1.54) is 6.07 Å². The number of anilines is 4. The van der Waals surface area contributed by atoms with Crippen molar-refractivity contribution in [3.05, 3.63) is 83.1 Å². The van der Waals surface area contributed by atoms with Crippen molar-refractivity contribution in [2.75, 3.05) is 68.0 Å². The fourth-order valence-corrected chi connectivity index (χ4v) is 10.7. The first-order valence-electron chi connectivity index (χ1n) is 23.0. The zero-order valence-corrected chi connectivity index (χ0v) is 36.6. The second kappa shape index (κ2) is 16.8. The third-order valence-corrected chi connectivity index (χ3v) is 14.3. The number of piperidine rings is 3. The van der Waals surface area contributed by atoms with E-state index in [9.17, 15) is 24.0 Å². The second-order valence-corrected chi connectivity index (χ2v) is 18.3. The average molecular weight is 896 g/mol. The smallest absolute Gasteiger partial charge is 0.262 e. The Bertz CT molecular complexity index is 2830. The molecule has 6 aliphatic heterocycles. The van der Waals surface area contributed by atoms with Gasteiger partial charge in [-0.3, -0.25) is 38.9 Å². The number of hydrogen-bond donors (Lipinski definition) is 3. The molecule has 6 aliphatic rings. The Labute approximate surface area is 379 Å². The van der Waals surface area contributed by atoms with Gasteiger partial charge in [0, 0.05) is 111 Å². The second-order valence-electron chi connectivity index (χ2n) is 18.3. The molecule has 3 saturated heterocycles. The first-order valence-corrected chi connectivity index (χ1v) is 23.0. The van der Waals surface area contributed by atoms with Crippen LogP contribution in [0.2, 0.25) is 0 Å². The van der Waals surface area contributed by atoms with Gasteiger partial charge < -0.3 is 30.1 Å². The number of benzene rings is 2. The summed E-state index contributed by atoms with van der Waals surface area (Å²) in [6, 6.07) is 11.7. The minimum atomic E-state index is -0.982. The highest BCUT2D eigenvalue weighted by Gasteiger charge is 2.45. The van der Waals surface area contributed by atoms with Crippen molar-refractivity contribution >= 4 is 63.3 Å². The minimum Gasteiger partial charge on any atom is -0.474 e. The molecule has 3 fully saturated rings. The largest absolute Gasteiger partial charge is 0.474 e. The Kier molecular flexibility index (Phi) is 10.6. The molecule has 11 rings (SSSR count). The van der Waals surface area contributed by atoms with Gasteiger partial charge in [-0.25, -0.2) is 14.4 Å². The fraction of sp³-hybridized carbons (Fsp3) is 0.417. The lowest BCUT2D eigenvalue weighted by atomic mass is 9.94. The van der Waals surface area contributed by atoms with Crippen LogP contribution in [-0.2, 0) is 27.3 Å². The van der Waals surface area contributed by atoms with E-state index in [0.29, 0.717) is 71.6 Å². The summed E-state index contributed by atoms with van der Waals surface area (Å²) in [5, 5.41) is 15.1. The maximum absolute atomic E-state index is 15.5. The lowest BCUT2D eigenvalue weighted by Gasteiger charge is -2.41. The highest BCUT2D eigenvalue weighted by Crippen LogP contribution is 2.38. The molecule has 3 aromatic heterocycles. The van der Waals surface area contributed by atoms with Crippen molar-refractivity contribution in [2.45, 2.75) is 70.5 Å². The maximum Gasteiger partial charge on any atom is 0.262 e. The number of likely N-dealkylation sites (tertiary alicyclic amines) is 1. The zero-order chi connectivity index (χ0) is 45.2. The summed E-state index contributed by atoms with van der Waals surface area (Å²) in [5.74, 6) is -0.0739. The van der Waals surface area contributed by atoms with Crippen molar-refractivity contribution in [2.24, 2.45) is 5.92 Å². The molecule has 0 radical (unpaired) electrons. The van der Waals surface area contributed by atoms with Crippen LogP contribution in [0.25, 0.3) is 21.9 Å². The number of carbonyl (C=O) groups excluding carboxylic acids is 5. The van der Waals surface area contributed by atoms with Crippen LogP contribution >= 0.6 is 0 Å². The number of hydrogen-bond acceptors (Lipinski definition) is 13. The Morgan fingerprint density at radius 3 is 2.44 bits per heavy atom. The van der Waals surface area contributed by atoms with Gasteiger partial charge in [-0.15, -0.1) is 0 Å². The highest BCUT2D eigenvalue weighted by molar-refractivity contribution is 6.23. The van der Waals surface area contributed by atoms with E-state index in [2.05, 4.69) is 40.6 Å². The Morgan fingerprint density at radius 2 is 1.62 bits per heavy atom. The number of fused-ring (bicyclic) bond motifs is 4. The molecule has 18 heteroatoms. The van der Waals surface area contributed by atoms with Crippen LogP contribution in [-0.4, -0.2) is 128 Å². The van der Waals surface area contributed by atoms with E-state index < -0.39 is 29.7 Å². The van der Waals surface area contributed by atoms with E-state index in [1.54, 1.807) is 29.2 Å². The van der Waals surface area contributed by atoms with Gasteiger partial charge in [0.1, 0.15) is 36.5 Å². The SMILES string of the molecule is Cc1c(-c2cc3cc(Nc4cc5n(n4)CC(=O)N(C4CCN(CC6CCN(c7ccc8c(c7)C(=O)N(C7CCC(=O)NC7=O)C8=O)CC6)CC4)CC5)ncc3cc2F)cnc2c1NCCO2. The summed E-state index contributed by atoms with van der Waals surface area (Å²) < 4.78 is 22.9. The standard InChI is InChI=1S/C48H50FN11O6/c1-27-37(24-52-46-44(27)50-11-17-66-46)35-18-29-20-40(51-23-30(29)19-38(35)49)53-41-22-33-10-16-58(43(62)26-59(33)55-41)31-8-12-56(13-9-31)25-28-6-14-57(15-7-28)32-2-3-34-36(21-32)48(65)60(47(34)64)39-4-5-42(61)54-45(39)63/h2-3,18-24,28,31,39,50H,4-17,25-26H2,1H3,(H,51,53,55)(H,54,61,63). The summed E-state index contributed by atoms with van der Waals surface area (Å²) in [4.78, 5) is 81.3. The predicted octanol–water partition coefficient (Wildman–Crippen LogP) is 4.66. The van der Waals surface area contributed by atoms with Gasteiger partial charge in [0.15, 0.2) is 5.82 Å². The van der Waals surface area contributed by atoms with Gasteiger partial charge in [0.05, 0.1) is 11.1 Å². The Morgan fingerprint density at radius 1 is 0.803 bits per heavy atom. The highest BCUT2D eigenvalue weighted by atomic mass is 19.1. The molecular weight excluding hydrogens is 846 g/mol. The predicted molar refractivity (Wildman–Crippen MR) is 242 cm³/mol. The molecular formula is C48H50FN11O6. The Hall–Kier alpha value is -6.95. The van der Waals surface area contributed by atoms with Crippen molar-refractivity contribution < 1.29 is 33.1 Å².